The van der Waals surface area contributed by atoms with Gasteiger partial charge in [-0.2, -0.15) is 13.2 Å². The van der Waals surface area contributed by atoms with Crippen LogP contribution in [0.15, 0.2) is 6.07 Å². The van der Waals surface area contributed by atoms with Gasteiger partial charge in [0.05, 0.1) is 17.9 Å². The van der Waals surface area contributed by atoms with E-state index in [0.29, 0.717) is 0 Å². The first-order chi connectivity index (χ1) is 8.58. The summed E-state index contributed by atoms with van der Waals surface area (Å²) in [4.78, 5) is 3.14. The van der Waals surface area contributed by atoms with Crippen molar-refractivity contribution in [2.45, 2.75) is 25.0 Å². The topological polar surface area (TPSA) is 42.4 Å². The Kier molecular flexibility index (Phi) is 4.51. The van der Waals surface area contributed by atoms with Gasteiger partial charge in [-0.25, -0.2) is 4.98 Å². The molecule has 0 bridgehead atoms. The van der Waals surface area contributed by atoms with E-state index >= 15 is 0 Å². The Hall–Kier alpha value is -1.22. The van der Waals surface area contributed by atoms with Gasteiger partial charge in [0.15, 0.2) is 0 Å². The van der Waals surface area contributed by atoms with Crippen molar-refractivity contribution in [1.82, 2.24) is 4.98 Å². The van der Waals surface area contributed by atoms with Crippen molar-refractivity contribution in [3.05, 3.63) is 22.9 Å². The highest BCUT2D eigenvalue weighted by atomic mass is 35.5. The maximum absolute atomic E-state index is 12.7. The first-order valence-electron chi connectivity index (χ1n) is 4.61. The van der Waals surface area contributed by atoms with E-state index in [1.165, 1.54) is 0 Å². The maximum atomic E-state index is 12.7. The van der Waals surface area contributed by atoms with Crippen LogP contribution in [0, 0.1) is 0 Å². The third kappa shape index (κ3) is 4.13. The molecule has 10 heteroatoms. The molecule has 1 N–H and O–H groups in total. The predicted molar refractivity (Wildman–Crippen MR) is 51.4 cm³/mol. The second kappa shape index (κ2) is 5.41. The minimum absolute atomic E-state index is 0.0877. The number of hydrogen-bond acceptors (Lipinski definition) is 3. The molecule has 0 unspecified atom stereocenters. The first kappa shape index (κ1) is 15.8. The van der Waals surface area contributed by atoms with Crippen LogP contribution < -0.4 is 4.74 Å². The van der Waals surface area contributed by atoms with E-state index in [1.54, 1.807) is 0 Å². The van der Waals surface area contributed by atoms with Gasteiger partial charge in [0.25, 0.3) is 0 Å². The van der Waals surface area contributed by atoms with Crippen LogP contribution in [0.5, 0.6) is 5.88 Å². The minimum Gasteiger partial charge on any atom is -0.390 e. The van der Waals surface area contributed by atoms with Gasteiger partial charge in [0.2, 0.25) is 5.88 Å². The van der Waals surface area contributed by atoms with Crippen molar-refractivity contribution in [1.29, 1.82) is 0 Å². The molecule has 0 radical (unpaired) electrons. The van der Waals surface area contributed by atoms with Crippen molar-refractivity contribution >= 4 is 11.6 Å². The van der Waals surface area contributed by atoms with Crippen LogP contribution in [0.1, 0.15) is 16.8 Å². The lowest BCUT2D eigenvalue weighted by atomic mass is 10.1. The Morgan fingerprint density at radius 1 is 1.21 bits per heavy atom. The van der Waals surface area contributed by atoms with Gasteiger partial charge in [-0.1, -0.05) is 0 Å². The molecule has 0 saturated carbocycles. The second-order valence-corrected chi connectivity index (χ2v) is 3.54. The number of halogens is 7. The summed E-state index contributed by atoms with van der Waals surface area (Å²) in [5.74, 6) is -1.97. The van der Waals surface area contributed by atoms with Crippen molar-refractivity contribution in [3.8, 4) is 5.88 Å². The number of aliphatic hydroxyl groups is 1. The fourth-order valence-electron chi connectivity index (χ4n) is 1.30. The third-order valence-corrected chi connectivity index (χ3v) is 2.26. The third-order valence-electron chi connectivity index (χ3n) is 2.00. The number of alkyl halides is 7. The molecule has 3 nitrogen and oxygen atoms in total. The van der Waals surface area contributed by atoms with Crippen molar-refractivity contribution < 1.29 is 36.2 Å². The normalized spacial score (nSPS) is 12.6. The molecule has 108 valence electrons. The van der Waals surface area contributed by atoms with Crippen molar-refractivity contribution in [2.75, 3.05) is 0 Å². The summed E-state index contributed by atoms with van der Waals surface area (Å²) in [6.45, 7) is -1.000. The van der Waals surface area contributed by atoms with E-state index in [2.05, 4.69) is 9.72 Å². The molecule has 1 rings (SSSR count). The van der Waals surface area contributed by atoms with Gasteiger partial charge in [0.1, 0.15) is 0 Å². The predicted octanol–water partition coefficient (Wildman–Crippen LogP) is 3.23. The molecule has 1 aromatic rings. The number of rotatable bonds is 3. The fourth-order valence-corrected chi connectivity index (χ4v) is 1.60. The molecule has 0 saturated heterocycles. The number of pyridine rings is 1. The number of hydrogen-bond donors (Lipinski definition) is 1. The SMILES string of the molecule is OCc1nc(OC(F)(F)F)cc(C(F)(F)F)c1CCl. The van der Waals surface area contributed by atoms with Crippen LogP contribution >= 0.6 is 11.6 Å². The van der Waals surface area contributed by atoms with Crippen molar-refractivity contribution in [3.63, 3.8) is 0 Å². The quantitative estimate of drug-likeness (QED) is 0.688. The van der Waals surface area contributed by atoms with E-state index in [9.17, 15) is 26.3 Å². The lowest BCUT2D eigenvalue weighted by molar-refractivity contribution is -0.276. The van der Waals surface area contributed by atoms with Crippen LogP contribution in [0.25, 0.3) is 0 Å². The lowest BCUT2D eigenvalue weighted by Crippen LogP contribution is -2.20. The highest BCUT2D eigenvalue weighted by Crippen LogP contribution is 2.36. The first-order valence-corrected chi connectivity index (χ1v) is 5.14. The molecule has 0 spiro atoms. The van der Waals surface area contributed by atoms with Gasteiger partial charge in [-0.15, -0.1) is 24.8 Å². The number of ether oxygens (including phenoxy) is 1. The van der Waals surface area contributed by atoms with Crippen molar-refractivity contribution in [2.24, 2.45) is 0 Å². The molecule has 0 aliphatic carbocycles. The average molecular weight is 310 g/mol. The Morgan fingerprint density at radius 3 is 2.16 bits per heavy atom. The molecule has 19 heavy (non-hydrogen) atoms. The molecule has 0 aliphatic heterocycles. The van der Waals surface area contributed by atoms with Crippen LogP contribution in [-0.2, 0) is 18.7 Å². The summed E-state index contributed by atoms with van der Waals surface area (Å²) in [5, 5.41) is 8.84. The molecular weight excluding hydrogens is 304 g/mol. The summed E-state index contributed by atoms with van der Waals surface area (Å²) >= 11 is 5.29. The number of nitrogens with zero attached hydrogens (tertiary/aromatic N) is 1. The summed E-state index contributed by atoms with van der Waals surface area (Å²) in [5.41, 5.74) is -2.64. The molecule has 0 aromatic carbocycles. The van der Waals surface area contributed by atoms with Crippen LogP contribution in [0.4, 0.5) is 26.3 Å². The summed E-state index contributed by atoms with van der Waals surface area (Å²) in [6, 6.07) is 0.0877. The van der Waals surface area contributed by atoms with E-state index < -0.39 is 47.7 Å². The highest BCUT2D eigenvalue weighted by molar-refractivity contribution is 6.17. The smallest absolute Gasteiger partial charge is 0.390 e. The Morgan fingerprint density at radius 2 is 1.79 bits per heavy atom. The molecule has 1 aromatic heterocycles. The number of aliphatic hydroxyl groups excluding tert-OH is 1. The Labute approximate surface area is 107 Å². The molecule has 0 amide bonds. The number of aromatic nitrogens is 1. The van der Waals surface area contributed by atoms with Gasteiger partial charge in [-0.3, -0.25) is 0 Å². The highest BCUT2D eigenvalue weighted by Gasteiger charge is 2.38. The zero-order valence-corrected chi connectivity index (χ0v) is 9.70. The van der Waals surface area contributed by atoms with Gasteiger partial charge in [-0.05, 0) is 0 Å². The van der Waals surface area contributed by atoms with Gasteiger partial charge < -0.3 is 9.84 Å². The molecule has 0 atom stereocenters. The minimum atomic E-state index is -5.19. The summed E-state index contributed by atoms with van der Waals surface area (Å²) < 4.78 is 77.2. The van der Waals surface area contributed by atoms with E-state index in [-0.39, 0.29) is 6.07 Å². The van der Waals surface area contributed by atoms with E-state index in [0.717, 1.165) is 0 Å². The van der Waals surface area contributed by atoms with E-state index in [4.69, 9.17) is 16.7 Å². The largest absolute Gasteiger partial charge is 0.574 e. The zero-order valence-electron chi connectivity index (χ0n) is 8.94. The monoisotopic (exact) mass is 309 g/mol. The average Bonchev–Trinajstić information content (AvgIpc) is 2.24. The van der Waals surface area contributed by atoms with Crippen LogP contribution in [0.3, 0.4) is 0 Å². The molecular formula is C9H6ClF6NO2. The summed E-state index contributed by atoms with van der Waals surface area (Å²) in [7, 11) is 0. The molecule has 0 aliphatic rings. The second-order valence-electron chi connectivity index (χ2n) is 3.27. The fraction of sp³-hybridized carbons (Fsp3) is 0.444. The van der Waals surface area contributed by atoms with Crippen LogP contribution in [0.2, 0.25) is 0 Å². The summed E-state index contributed by atoms with van der Waals surface area (Å²) in [6.07, 6.45) is -10.1. The lowest BCUT2D eigenvalue weighted by Gasteiger charge is -2.16. The standard InChI is InChI=1S/C9H6ClF6NO2/c10-2-4-5(8(11,12)13)1-7(17-6(4)3-18)19-9(14,15)16/h1,18H,2-3H2. The zero-order chi connectivity index (χ0) is 14.8. The van der Waals surface area contributed by atoms with Crippen LogP contribution in [-0.4, -0.2) is 16.5 Å². The maximum Gasteiger partial charge on any atom is 0.574 e. The molecule has 0 fully saturated rings. The van der Waals surface area contributed by atoms with Gasteiger partial charge in [0, 0.05) is 17.5 Å². The molecule has 1 heterocycles. The Bertz CT molecular complexity index is 459. The van der Waals surface area contributed by atoms with Gasteiger partial charge >= 0.3 is 12.5 Å². The van der Waals surface area contributed by atoms with E-state index in [1.807, 2.05) is 0 Å². The Balaban J connectivity index is 3.39.